The van der Waals surface area contributed by atoms with E-state index in [0.29, 0.717) is 5.76 Å². The normalized spacial score (nSPS) is 11.4. The van der Waals surface area contributed by atoms with Crippen LogP contribution in [0.1, 0.15) is 21.9 Å². The number of carbonyl (C=O) groups is 1. The number of H-pyrrole nitrogens is 1. The third kappa shape index (κ3) is 3.31. The van der Waals surface area contributed by atoms with Gasteiger partial charge in [0.05, 0.1) is 0 Å². The molecule has 10 heteroatoms. The second kappa shape index (κ2) is 4.72. The summed E-state index contributed by atoms with van der Waals surface area (Å²) in [7, 11) is -3.73. The standard InChI is InChI=1S/C9H10N4O5S/c1-5-2-6(12-18-5)4-19(16,17)13-8-3-7(9(14)15)10-11-8/h2-3H,4H2,1H3,(H,14,15)(H2,10,11,13). The molecule has 0 saturated heterocycles. The van der Waals surface area contributed by atoms with E-state index in [1.54, 1.807) is 6.92 Å². The number of aryl methyl sites for hydroxylation is 1. The van der Waals surface area contributed by atoms with Crippen LogP contribution in [0.5, 0.6) is 0 Å². The maximum absolute atomic E-state index is 11.8. The molecule has 0 aromatic carbocycles. The third-order valence-corrected chi connectivity index (χ3v) is 3.28. The van der Waals surface area contributed by atoms with Crippen molar-refractivity contribution in [2.75, 3.05) is 4.72 Å². The number of sulfonamides is 1. The van der Waals surface area contributed by atoms with Crippen LogP contribution in [0, 0.1) is 6.92 Å². The highest BCUT2D eigenvalue weighted by atomic mass is 32.2. The van der Waals surface area contributed by atoms with E-state index in [1.807, 2.05) is 0 Å². The minimum Gasteiger partial charge on any atom is -0.477 e. The number of aromatic nitrogens is 3. The van der Waals surface area contributed by atoms with E-state index in [-0.39, 0.29) is 23.0 Å². The molecule has 0 bridgehead atoms. The molecule has 0 radical (unpaired) electrons. The van der Waals surface area contributed by atoms with E-state index in [1.165, 1.54) is 6.07 Å². The van der Waals surface area contributed by atoms with Gasteiger partial charge in [-0.15, -0.1) is 0 Å². The summed E-state index contributed by atoms with van der Waals surface area (Å²) in [6.07, 6.45) is 0. The van der Waals surface area contributed by atoms with Gasteiger partial charge in [-0.1, -0.05) is 5.16 Å². The van der Waals surface area contributed by atoms with Gasteiger partial charge in [-0.2, -0.15) is 5.10 Å². The average molecular weight is 286 g/mol. The number of hydrogen-bond donors (Lipinski definition) is 3. The summed E-state index contributed by atoms with van der Waals surface area (Å²) in [6, 6.07) is 2.57. The molecule has 0 unspecified atom stereocenters. The van der Waals surface area contributed by atoms with Crippen LogP contribution in [0.3, 0.4) is 0 Å². The Labute approximate surface area is 107 Å². The maximum Gasteiger partial charge on any atom is 0.353 e. The topological polar surface area (TPSA) is 138 Å². The zero-order valence-electron chi connectivity index (χ0n) is 9.74. The fraction of sp³-hybridized carbons (Fsp3) is 0.222. The fourth-order valence-corrected chi connectivity index (χ4v) is 2.38. The lowest BCUT2D eigenvalue weighted by molar-refractivity contribution is 0.0690. The van der Waals surface area contributed by atoms with Gasteiger partial charge in [0.1, 0.15) is 22.9 Å². The lowest BCUT2D eigenvalue weighted by atomic mass is 10.4. The van der Waals surface area contributed by atoms with Gasteiger partial charge in [-0.05, 0) is 6.92 Å². The first-order valence-corrected chi connectivity index (χ1v) is 6.72. The van der Waals surface area contributed by atoms with E-state index in [2.05, 4.69) is 20.1 Å². The van der Waals surface area contributed by atoms with E-state index in [9.17, 15) is 13.2 Å². The fourth-order valence-electron chi connectivity index (χ4n) is 1.36. The summed E-state index contributed by atoms with van der Waals surface area (Å²) in [5.41, 5.74) is 0.0361. The van der Waals surface area contributed by atoms with Gasteiger partial charge in [0.15, 0.2) is 5.82 Å². The quantitative estimate of drug-likeness (QED) is 0.720. The third-order valence-electron chi connectivity index (χ3n) is 2.08. The van der Waals surface area contributed by atoms with Gasteiger partial charge in [-0.3, -0.25) is 9.82 Å². The molecule has 2 rings (SSSR count). The lowest BCUT2D eigenvalue weighted by Gasteiger charge is -2.01. The lowest BCUT2D eigenvalue weighted by Crippen LogP contribution is -2.15. The Kier molecular flexibility index (Phi) is 3.25. The number of carboxylic acids is 1. The second-order valence-corrected chi connectivity index (χ2v) is 5.48. The highest BCUT2D eigenvalue weighted by molar-refractivity contribution is 7.91. The molecule has 19 heavy (non-hydrogen) atoms. The number of hydrogen-bond acceptors (Lipinski definition) is 6. The number of nitrogens with zero attached hydrogens (tertiary/aromatic N) is 2. The molecular weight excluding hydrogens is 276 g/mol. The van der Waals surface area contributed by atoms with Gasteiger partial charge >= 0.3 is 5.97 Å². The number of anilines is 1. The summed E-state index contributed by atoms with van der Waals surface area (Å²) >= 11 is 0. The Morgan fingerprint density at radius 2 is 2.26 bits per heavy atom. The van der Waals surface area contributed by atoms with Crippen LogP contribution in [0.15, 0.2) is 16.7 Å². The zero-order valence-corrected chi connectivity index (χ0v) is 10.6. The van der Waals surface area contributed by atoms with Crippen molar-refractivity contribution < 1.29 is 22.8 Å². The average Bonchev–Trinajstić information content (AvgIpc) is 2.87. The highest BCUT2D eigenvalue weighted by Crippen LogP contribution is 2.11. The molecule has 102 valence electrons. The summed E-state index contributed by atoms with van der Waals surface area (Å²) in [4.78, 5) is 10.6. The van der Waals surface area contributed by atoms with Crippen LogP contribution in [0.2, 0.25) is 0 Å². The van der Waals surface area contributed by atoms with Crippen molar-refractivity contribution in [3.05, 3.63) is 29.3 Å². The van der Waals surface area contributed by atoms with Crippen LogP contribution in [0.4, 0.5) is 5.82 Å². The number of aromatic amines is 1. The molecule has 0 aliphatic rings. The molecule has 0 fully saturated rings. The number of carboxylic acid groups (broad SMARTS) is 1. The highest BCUT2D eigenvalue weighted by Gasteiger charge is 2.17. The molecule has 0 spiro atoms. The van der Waals surface area contributed by atoms with Crippen molar-refractivity contribution in [1.82, 2.24) is 15.4 Å². The van der Waals surface area contributed by atoms with Crippen molar-refractivity contribution in [1.29, 1.82) is 0 Å². The molecular formula is C9H10N4O5S. The molecule has 2 aromatic heterocycles. The van der Waals surface area contributed by atoms with Gasteiger partial charge in [0, 0.05) is 12.1 Å². The van der Waals surface area contributed by atoms with Crippen molar-refractivity contribution >= 4 is 21.8 Å². The Morgan fingerprint density at radius 1 is 1.53 bits per heavy atom. The van der Waals surface area contributed by atoms with Crippen LogP contribution >= 0.6 is 0 Å². The Hall–Kier alpha value is -2.36. The Morgan fingerprint density at radius 3 is 2.79 bits per heavy atom. The predicted molar refractivity (Wildman–Crippen MR) is 63.0 cm³/mol. The molecule has 0 atom stereocenters. The zero-order chi connectivity index (χ0) is 14.0. The summed E-state index contributed by atoms with van der Waals surface area (Å²) in [6.45, 7) is 1.64. The van der Waals surface area contributed by atoms with Crippen LogP contribution in [-0.4, -0.2) is 34.8 Å². The first-order chi connectivity index (χ1) is 8.85. The molecule has 2 heterocycles. The van der Waals surface area contributed by atoms with Crippen molar-refractivity contribution in [3.8, 4) is 0 Å². The van der Waals surface area contributed by atoms with Crippen LogP contribution < -0.4 is 4.72 Å². The van der Waals surface area contributed by atoms with Gasteiger partial charge in [-0.25, -0.2) is 13.2 Å². The van der Waals surface area contributed by atoms with Gasteiger partial charge < -0.3 is 9.63 Å². The number of nitrogens with one attached hydrogen (secondary N) is 2. The number of aromatic carboxylic acids is 1. The molecule has 3 N–H and O–H groups in total. The molecule has 9 nitrogen and oxygen atoms in total. The minimum atomic E-state index is -3.73. The smallest absolute Gasteiger partial charge is 0.353 e. The van der Waals surface area contributed by atoms with Crippen molar-refractivity contribution in [2.24, 2.45) is 0 Å². The van der Waals surface area contributed by atoms with Gasteiger partial charge in [0.25, 0.3) is 0 Å². The van der Waals surface area contributed by atoms with E-state index < -0.39 is 16.0 Å². The minimum absolute atomic E-state index is 0.0994. The molecule has 0 aliphatic carbocycles. The van der Waals surface area contributed by atoms with Crippen molar-refractivity contribution in [2.45, 2.75) is 12.7 Å². The van der Waals surface area contributed by atoms with Crippen molar-refractivity contribution in [3.63, 3.8) is 0 Å². The molecule has 0 saturated carbocycles. The molecule has 0 amide bonds. The Balaban J connectivity index is 2.10. The first kappa shape index (κ1) is 13.1. The van der Waals surface area contributed by atoms with E-state index in [4.69, 9.17) is 9.63 Å². The summed E-state index contributed by atoms with van der Waals surface area (Å²) < 4.78 is 30.4. The SMILES string of the molecule is Cc1cc(CS(=O)(=O)Nc2cc(C(=O)O)[nH]n2)no1. The van der Waals surface area contributed by atoms with E-state index >= 15 is 0 Å². The van der Waals surface area contributed by atoms with Crippen LogP contribution in [-0.2, 0) is 15.8 Å². The maximum atomic E-state index is 11.8. The number of rotatable bonds is 5. The van der Waals surface area contributed by atoms with E-state index in [0.717, 1.165) is 6.07 Å². The largest absolute Gasteiger partial charge is 0.477 e. The first-order valence-electron chi connectivity index (χ1n) is 5.07. The second-order valence-electron chi connectivity index (χ2n) is 3.76. The van der Waals surface area contributed by atoms with Gasteiger partial charge in [0.2, 0.25) is 10.0 Å². The monoisotopic (exact) mass is 286 g/mol. The summed E-state index contributed by atoms with van der Waals surface area (Å²) in [5.74, 6) is -1.22. The molecule has 0 aliphatic heterocycles. The molecule has 2 aromatic rings. The predicted octanol–water partition coefficient (Wildman–Crippen LogP) is 0.346. The van der Waals surface area contributed by atoms with Crippen LogP contribution in [0.25, 0.3) is 0 Å². The summed E-state index contributed by atoms with van der Waals surface area (Å²) in [5, 5.41) is 17.9. The Bertz CT molecular complexity index is 702.